The lowest BCUT2D eigenvalue weighted by molar-refractivity contribution is 0.191. The van der Waals surface area contributed by atoms with Gasteiger partial charge in [0, 0.05) is 17.1 Å². The second-order valence-corrected chi connectivity index (χ2v) is 4.75. The van der Waals surface area contributed by atoms with Crippen LogP contribution in [-0.4, -0.2) is 27.9 Å². The molecule has 3 rings (SSSR count). The highest BCUT2D eigenvalue weighted by atomic mass is 35.5. The molecule has 1 fully saturated rings. The first-order chi connectivity index (χ1) is 8.72. The Morgan fingerprint density at radius 2 is 2.11 bits per heavy atom. The van der Waals surface area contributed by atoms with Crippen molar-refractivity contribution in [1.29, 1.82) is 0 Å². The molecule has 0 radical (unpaired) electrons. The van der Waals surface area contributed by atoms with Gasteiger partial charge in [0.1, 0.15) is 0 Å². The van der Waals surface area contributed by atoms with Gasteiger partial charge in [-0.05, 0) is 30.7 Å². The van der Waals surface area contributed by atoms with Crippen LogP contribution in [0.1, 0.15) is 18.4 Å². The quantitative estimate of drug-likeness (QED) is 0.866. The Balaban J connectivity index is 1.83. The lowest BCUT2D eigenvalue weighted by Crippen LogP contribution is -2.15. The van der Waals surface area contributed by atoms with Gasteiger partial charge in [0.05, 0.1) is 12.1 Å². The van der Waals surface area contributed by atoms with Gasteiger partial charge in [0.2, 0.25) is 11.7 Å². The molecule has 94 valence electrons. The molecular weight excluding hydrogens is 254 g/mol. The molecule has 6 heteroatoms. The minimum Gasteiger partial charge on any atom is -0.392 e. The summed E-state index contributed by atoms with van der Waals surface area (Å²) in [6.45, 7) is 0.559. The summed E-state index contributed by atoms with van der Waals surface area (Å²) in [7, 11) is 0. The van der Waals surface area contributed by atoms with Crippen LogP contribution in [0.5, 0.6) is 0 Å². The fraction of sp³-hybridized carbons (Fsp3) is 0.333. The van der Waals surface area contributed by atoms with E-state index < -0.39 is 0 Å². The number of halogens is 1. The summed E-state index contributed by atoms with van der Waals surface area (Å²) < 4.78 is 5.21. The zero-order chi connectivity index (χ0) is 12.5. The molecule has 2 atom stereocenters. The highest BCUT2D eigenvalue weighted by Crippen LogP contribution is 2.25. The van der Waals surface area contributed by atoms with Gasteiger partial charge in [-0.25, -0.2) is 0 Å². The maximum atomic E-state index is 9.45. The highest BCUT2D eigenvalue weighted by molar-refractivity contribution is 6.30. The van der Waals surface area contributed by atoms with E-state index in [-0.39, 0.29) is 12.1 Å². The van der Waals surface area contributed by atoms with Gasteiger partial charge >= 0.3 is 0 Å². The molecular formula is C12H12ClN3O2. The Bertz CT molecular complexity index is 541. The van der Waals surface area contributed by atoms with Crippen LogP contribution in [-0.2, 0) is 0 Å². The van der Waals surface area contributed by atoms with Gasteiger partial charge in [-0.15, -0.1) is 0 Å². The number of β-amino-alcohol motifs (C(OH)–C–C–N with tert-alkyl or cyclic N) is 1. The third-order valence-electron chi connectivity index (χ3n) is 2.95. The topological polar surface area (TPSA) is 71.2 Å². The molecule has 1 aliphatic rings. The zero-order valence-corrected chi connectivity index (χ0v) is 10.3. The van der Waals surface area contributed by atoms with Gasteiger partial charge in [-0.3, -0.25) is 0 Å². The Hall–Kier alpha value is -1.43. The fourth-order valence-corrected chi connectivity index (χ4v) is 2.12. The Morgan fingerprint density at radius 1 is 1.33 bits per heavy atom. The molecule has 0 saturated carbocycles. The Kier molecular flexibility index (Phi) is 3.03. The minimum atomic E-state index is -0.346. The van der Waals surface area contributed by atoms with Crippen molar-refractivity contribution in [3.8, 4) is 11.4 Å². The third kappa shape index (κ3) is 2.25. The van der Waals surface area contributed by atoms with Crippen molar-refractivity contribution in [3.05, 3.63) is 35.2 Å². The predicted octanol–water partition coefficient (Wildman–Crippen LogP) is 1.79. The molecule has 1 aromatic carbocycles. The zero-order valence-electron chi connectivity index (χ0n) is 9.51. The van der Waals surface area contributed by atoms with Crippen LogP contribution in [0.2, 0.25) is 5.02 Å². The number of aliphatic hydroxyl groups is 1. The molecule has 2 N–H and O–H groups in total. The maximum Gasteiger partial charge on any atom is 0.244 e. The molecule has 2 aromatic rings. The van der Waals surface area contributed by atoms with E-state index in [2.05, 4.69) is 15.5 Å². The summed E-state index contributed by atoms with van der Waals surface area (Å²) in [6, 6.07) is 7.19. The number of nitrogens with zero attached hydrogens (tertiary/aromatic N) is 2. The lowest BCUT2D eigenvalue weighted by atomic mass is 10.2. The van der Waals surface area contributed by atoms with Crippen LogP contribution in [0.25, 0.3) is 11.4 Å². The number of benzene rings is 1. The average Bonchev–Trinajstić information content (AvgIpc) is 2.98. The average molecular weight is 266 g/mol. The number of rotatable bonds is 2. The Morgan fingerprint density at radius 3 is 2.78 bits per heavy atom. The number of nitrogens with one attached hydrogen (secondary N) is 1. The SMILES string of the molecule is OC1CN[C@H](c2nc(-c3ccc(Cl)cc3)no2)C1. The number of aromatic nitrogens is 2. The standard InChI is InChI=1S/C12H12ClN3O2/c13-8-3-1-7(2-4-8)11-15-12(18-16-11)10-5-9(17)6-14-10/h1-4,9-10,14,17H,5-6H2/t9?,10-/m0/s1. The first-order valence-electron chi connectivity index (χ1n) is 5.73. The van der Waals surface area contributed by atoms with Crippen molar-refractivity contribution in [1.82, 2.24) is 15.5 Å². The van der Waals surface area contributed by atoms with Crippen LogP contribution >= 0.6 is 11.6 Å². The number of aliphatic hydroxyl groups excluding tert-OH is 1. The van der Waals surface area contributed by atoms with Gasteiger partial charge in [0.25, 0.3) is 0 Å². The molecule has 0 aliphatic carbocycles. The van der Waals surface area contributed by atoms with Gasteiger partial charge in [0.15, 0.2) is 0 Å². The molecule has 1 saturated heterocycles. The van der Waals surface area contributed by atoms with Crippen LogP contribution < -0.4 is 5.32 Å². The molecule has 1 aromatic heterocycles. The summed E-state index contributed by atoms with van der Waals surface area (Å²) in [4.78, 5) is 4.33. The van der Waals surface area contributed by atoms with Crippen LogP contribution in [0, 0.1) is 0 Å². The molecule has 18 heavy (non-hydrogen) atoms. The fourth-order valence-electron chi connectivity index (χ4n) is 2.00. The van der Waals surface area contributed by atoms with Crippen molar-refractivity contribution < 1.29 is 9.63 Å². The summed E-state index contributed by atoms with van der Waals surface area (Å²) in [5.41, 5.74) is 0.855. The second-order valence-electron chi connectivity index (χ2n) is 4.31. The summed E-state index contributed by atoms with van der Waals surface area (Å²) in [5, 5.41) is 17.2. The minimum absolute atomic E-state index is 0.0615. The molecule has 0 amide bonds. The van der Waals surface area contributed by atoms with E-state index in [1.807, 2.05) is 12.1 Å². The van der Waals surface area contributed by atoms with Crippen molar-refractivity contribution in [2.24, 2.45) is 0 Å². The van der Waals surface area contributed by atoms with Crippen LogP contribution in [0.3, 0.4) is 0 Å². The van der Waals surface area contributed by atoms with Gasteiger partial charge in [-0.1, -0.05) is 16.8 Å². The predicted molar refractivity (Wildman–Crippen MR) is 66.1 cm³/mol. The summed E-state index contributed by atoms with van der Waals surface area (Å²) in [5.74, 6) is 1.04. The van der Waals surface area contributed by atoms with Crippen LogP contribution in [0.4, 0.5) is 0 Å². The largest absolute Gasteiger partial charge is 0.392 e. The summed E-state index contributed by atoms with van der Waals surface area (Å²) in [6.07, 6.45) is 0.253. The molecule has 0 spiro atoms. The van der Waals surface area contributed by atoms with Gasteiger partial charge in [-0.2, -0.15) is 4.98 Å². The Labute approximate surface area is 109 Å². The normalized spacial score (nSPS) is 23.4. The number of hydrogen-bond donors (Lipinski definition) is 2. The van der Waals surface area contributed by atoms with Crippen LogP contribution in [0.15, 0.2) is 28.8 Å². The summed E-state index contributed by atoms with van der Waals surface area (Å²) >= 11 is 5.82. The lowest BCUT2D eigenvalue weighted by Gasteiger charge is -2.01. The highest BCUT2D eigenvalue weighted by Gasteiger charge is 2.28. The van der Waals surface area contributed by atoms with Crippen molar-refractivity contribution >= 4 is 11.6 Å². The monoisotopic (exact) mass is 265 g/mol. The van der Waals surface area contributed by atoms with E-state index in [9.17, 15) is 5.11 Å². The van der Waals surface area contributed by atoms with E-state index in [0.29, 0.717) is 29.7 Å². The van der Waals surface area contributed by atoms with E-state index in [1.54, 1.807) is 12.1 Å². The van der Waals surface area contributed by atoms with E-state index in [4.69, 9.17) is 16.1 Å². The molecule has 2 heterocycles. The third-order valence-corrected chi connectivity index (χ3v) is 3.20. The first-order valence-corrected chi connectivity index (χ1v) is 6.11. The molecule has 5 nitrogen and oxygen atoms in total. The maximum absolute atomic E-state index is 9.45. The number of hydrogen-bond acceptors (Lipinski definition) is 5. The first kappa shape index (κ1) is 11.6. The van der Waals surface area contributed by atoms with E-state index in [1.165, 1.54) is 0 Å². The molecule has 1 unspecified atom stereocenters. The van der Waals surface area contributed by atoms with Crippen molar-refractivity contribution in [3.63, 3.8) is 0 Å². The van der Waals surface area contributed by atoms with Crippen molar-refractivity contribution in [2.45, 2.75) is 18.6 Å². The smallest absolute Gasteiger partial charge is 0.244 e. The molecule has 1 aliphatic heterocycles. The van der Waals surface area contributed by atoms with E-state index in [0.717, 1.165) is 5.56 Å². The van der Waals surface area contributed by atoms with Gasteiger partial charge < -0.3 is 14.9 Å². The molecule has 0 bridgehead atoms. The van der Waals surface area contributed by atoms with Crippen molar-refractivity contribution in [2.75, 3.05) is 6.54 Å². The van der Waals surface area contributed by atoms with E-state index >= 15 is 0 Å². The second kappa shape index (κ2) is 4.68.